The second kappa shape index (κ2) is 5.66. The van der Waals surface area contributed by atoms with Crippen LogP contribution >= 0.6 is 0 Å². The Kier molecular flexibility index (Phi) is 4.15. The highest BCUT2D eigenvalue weighted by Gasteiger charge is 2.23. The molecule has 1 aromatic rings. The van der Waals surface area contributed by atoms with E-state index in [1.54, 1.807) is 0 Å². The maximum Gasteiger partial charge on any atom is 0.146 e. The summed E-state index contributed by atoms with van der Waals surface area (Å²) in [5.74, 6) is 1.01. The van der Waals surface area contributed by atoms with Gasteiger partial charge >= 0.3 is 0 Å². The summed E-state index contributed by atoms with van der Waals surface area (Å²) in [5, 5.41) is 3.38. The molecule has 2 rings (SSSR count). The van der Waals surface area contributed by atoms with E-state index in [1.807, 2.05) is 6.08 Å². The van der Waals surface area contributed by atoms with Gasteiger partial charge in [-0.05, 0) is 26.8 Å². The molecule has 0 spiro atoms. The van der Waals surface area contributed by atoms with Gasteiger partial charge in [-0.2, -0.15) is 0 Å². The predicted octanol–water partition coefficient (Wildman–Crippen LogP) is 3.28. The Labute approximate surface area is 116 Å². The second-order valence-electron chi connectivity index (χ2n) is 5.91. The fraction of sp³-hybridized carbons (Fsp3) is 0.500. The van der Waals surface area contributed by atoms with Crippen molar-refractivity contribution in [2.24, 2.45) is 0 Å². The van der Waals surface area contributed by atoms with Crippen molar-refractivity contribution >= 4 is 5.69 Å². The van der Waals surface area contributed by atoms with E-state index < -0.39 is 0 Å². The molecule has 0 saturated heterocycles. The van der Waals surface area contributed by atoms with Crippen LogP contribution in [0.15, 0.2) is 30.9 Å². The molecule has 0 radical (unpaired) electrons. The first kappa shape index (κ1) is 13.9. The molecule has 0 saturated carbocycles. The number of rotatable bonds is 4. The summed E-state index contributed by atoms with van der Waals surface area (Å²) in [6.07, 6.45) is 1.96. The van der Waals surface area contributed by atoms with Crippen molar-refractivity contribution in [3.05, 3.63) is 36.4 Å². The zero-order valence-corrected chi connectivity index (χ0v) is 12.2. The molecule has 1 aliphatic heterocycles. The quantitative estimate of drug-likeness (QED) is 0.841. The summed E-state index contributed by atoms with van der Waals surface area (Å²) in [7, 11) is 0. The Bertz CT molecular complexity index is 449. The van der Waals surface area contributed by atoms with Crippen molar-refractivity contribution in [1.29, 1.82) is 0 Å². The fourth-order valence-electron chi connectivity index (χ4n) is 2.29. The lowest BCUT2D eigenvalue weighted by atomic mass is 10.0. The van der Waals surface area contributed by atoms with Crippen molar-refractivity contribution in [3.63, 3.8) is 0 Å². The lowest BCUT2D eigenvalue weighted by Crippen LogP contribution is -2.41. The average Bonchev–Trinajstić information content (AvgIpc) is 2.37. The number of fused-ring (bicyclic) bond motifs is 1. The molecule has 1 aliphatic rings. The molecule has 0 aromatic heterocycles. The van der Waals surface area contributed by atoms with Crippen LogP contribution in [0.25, 0.3) is 0 Å². The lowest BCUT2D eigenvalue weighted by Gasteiger charge is -2.35. The third kappa shape index (κ3) is 3.29. The first-order valence-electron chi connectivity index (χ1n) is 6.87. The van der Waals surface area contributed by atoms with Crippen molar-refractivity contribution in [2.45, 2.75) is 32.9 Å². The molecule has 3 heteroatoms. The largest absolute Gasteiger partial charge is 0.489 e. The molecule has 3 nitrogen and oxygen atoms in total. The topological polar surface area (TPSA) is 24.5 Å². The Morgan fingerprint density at radius 3 is 2.89 bits per heavy atom. The number of ether oxygens (including phenoxy) is 1. The Morgan fingerprint density at radius 2 is 2.21 bits per heavy atom. The maximum atomic E-state index is 5.83. The van der Waals surface area contributed by atoms with Gasteiger partial charge in [0.2, 0.25) is 0 Å². The number of anilines is 1. The fourth-order valence-corrected chi connectivity index (χ4v) is 2.29. The van der Waals surface area contributed by atoms with Crippen molar-refractivity contribution in [1.82, 2.24) is 4.90 Å². The van der Waals surface area contributed by atoms with Gasteiger partial charge in [0.15, 0.2) is 0 Å². The van der Waals surface area contributed by atoms with E-state index >= 15 is 0 Å². The van der Waals surface area contributed by atoms with Gasteiger partial charge in [-0.1, -0.05) is 18.2 Å². The van der Waals surface area contributed by atoms with Gasteiger partial charge in [-0.15, -0.1) is 6.58 Å². The van der Waals surface area contributed by atoms with Gasteiger partial charge in [0.1, 0.15) is 12.4 Å². The number of nitrogens with zero attached hydrogens (tertiary/aromatic N) is 1. The van der Waals surface area contributed by atoms with Crippen LogP contribution in [-0.4, -0.2) is 30.1 Å². The molecular formula is C16H24N2O. The van der Waals surface area contributed by atoms with Gasteiger partial charge in [-0.25, -0.2) is 0 Å². The summed E-state index contributed by atoms with van der Waals surface area (Å²) in [6.45, 7) is 13.9. The first-order valence-corrected chi connectivity index (χ1v) is 6.87. The van der Waals surface area contributed by atoms with Gasteiger partial charge in [0.25, 0.3) is 0 Å². The molecule has 1 aromatic carbocycles. The zero-order chi connectivity index (χ0) is 13.9. The molecule has 0 atom stereocenters. The SMILES string of the molecule is C=CCN(Cc1cccc2c1OCCN2)C(C)(C)C. The van der Waals surface area contributed by atoms with Crippen molar-refractivity contribution < 1.29 is 4.74 Å². The summed E-state index contributed by atoms with van der Waals surface area (Å²) in [5.41, 5.74) is 2.46. The van der Waals surface area contributed by atoms with Crippen LogP contribution in [0.5, 0.6) is 5.75 Å². The highest BCUT2D eigenvalue weighted by Crippen LogP contribution is 2.33. The van der Waals surface area contributed by atoms with Gasteiger partial charge in [0.05, 0.1) is 5.69 Å². The molecule has 0 aliphatic carbocycles. The Hall–Kier alpha value is -1.48. The molecule has 1 heterocycles. The molecule has 0 unspecified atom stereocenters. The van der Waals surface area contributed by atoms with Gasteiger partial charge < -0.3 is 10.1 Å². The number of hydrogen-bond donors (Lipinski definition) is 1. The van der Waals surface area contributed by atoms with Crippen LogP contribution in [0.3, 0.4) is 0 Å². The third-order valence-corrected chi connectivity index (χ3v) is 3.42. The molecule has 1 N–H and O–H groups in total. The van der Waals surface area contributed by atoms with E-state index in [9.17, 15) is 0 Å². The number of hydrogen-bond acceptors (Lipinski definition) is 3. The van der Waals surface area contributed by atoms with E-state index in [0.29, 0.717) is 0 Å². The van der Waals surface area contributed by atoms with Crippen molar-refractivity contribution in [2.75, 3.05) is 25.0 Å². The van der Waals surface area contributed by atoms with E-state index in [2.05, 4.69) is 55.8 Å². The van der Waals surface area contributed by atoms with E-state index in [4.69, 9.17) is 4.74 Å². The van der Waals surface area contributed by atoms with Gasteiger partial charge in [0, 0.05) is 30.7 Å². The number of benzene rings is 1. The maximum absolute atomic E-state index is 5.83. The van der Waals surface area contributed by atoms with E-state index in [1.165, 1.54) is 5.56 Å². The van der Waals surface area contributed by atoms with Crippen LogP contribution < -0.4 is 10.1 Å². The van der Waals surface area contributed by atoms with Crippen LogP contribution in [0.1, 0.15) is 26.3 Å². The normalized spacial score (nSPS) is 14.5. The van der Waals surface area contributed by atoms with Crippen molar-refractivity contribution in [3.8, 4) is 5.75 Å². The first-order chi connectivity index (χ1) is 9.02. The Balaban J connectivity index is 2.24. The monoisotopic (exact) mass is 260 g/mol. The third-order valence-electron chi connectivity index (χ3n) is 3.42. The predicted molar refractivity (Wildman–Crippen MR) is 80.8 cm³/mol. The minimum atomic E-state index is 0.110. The number of para-hydroxylation sites is 1. The molecule has 0 bridgehead atoms. The minimum Gasteiger partial charge on any atom is -0.489 e. The molecule has 0 fully saturated rings. The molecular weight excluding hydrogens is 236 g/mol. The minimum absolute atomic E-state index is 0.110. The average molecular weight is 260 g/mol. The zero-order valence-electron chi connectivity index (χ0n) is 12.2. The Morgan fingerprint density at radius 1 is 1.42 bits per heavy atom. The van der Waals surface area contributed by atoms with Crippen LogP contribution in [-0.2, 0) is 6.54 Å². The van der Waals surface area contributed by atoms with Crippen LogP contribution in [0.2, 0.25) is 0 Å². The summed E-state index contributed by atoms with van der Waals surface area (Å²) in [6, 6.07) is 6.31. The summed E-state index contributed by atoms with van der Waals surface area (Å²) >= 11 is 0. The van der Waals surface area contributed by atoms with E-state index in [0.717, 1.165) is 37.7 Å². The molecule has 0 amide bonds. The second-order valence-corrected chi connectivity index (χ2v) is 5.91. The lowest BCUT2D eigenvalue weighted by molar-refractivity contribution is 0.143. The summed E-state index contributed by atoms with van der Waals surface area (Å²) in [4.78, 5) is 2.40. The number of nitrogens with one attached hydrogen (secondary N) is 1. The molecule has 19 heavy (non-hydrogen) atoms. The summed E-state index contributed by atoms with van der Waals surface area (Å²) < 4.78 is 5.83. The van der Waals surface area contributed by atoms with Gasteiger partial charge in [-0.3, -0.25) is 4.90 Å². The van der Waals surface area contributed by atoms with E-state index in [-0.39, 0.29) is 5.54 Å². The highest BCUT2D eigenvalue weighted by atomic mass is 16.5. The molecule has 104 valence electrons. The van der Waals surface area contributed by atoms with Crippen LogP contribution in [0, 0.1) is 0 Å². The van der Waals surface area contributed by atoms with Crippen LogP contribution in [0.4, 0.5) is 5.69 Å². The highest BCUT2D eigenvalue weighted by molar-refractivity contribution is 5.61. The standard InChI is InChI=1S/C16H24N2O/c1-5-10-18(16(2,3)4)12-13-7-6-8-14-15(13)19-11-9-17-14/h5-8,17H,1,9-12H2,2-4H3. The smallest absolute Gasteiger partial charge is 0.146 e.